The number of anilines is 6. The molecule has 0 aliphatic heterocycles. The van der Waals surface area contributed by atoms with Crippen molar-refractivity contribution in [2.45, 2.75) is 31.4 Å². The molecular formula is C54H37N11O15S6. The minimum atomic E-state index is -5.29. The lowest BCUT2D eigenvalue weighted by atomic mass is 10.00. The second-order valence-corrected chi connectivity index (χ2v) is 26.4. The standard InChI is InChI=1S/C54H37N11O15S6/c1-29-43(27-55)51(57-33-12-16-36(17-13-33)82(66,67)68)59-52(58-34-14-18-37(19-15-34)83(69,70)71)50(29)63-64-53-44(28-56)49(32-11-10-30-6-2-3-7-31(30)22-32)54(81-53)65-62-46-21-20-45(39-8-4-5-9-40(39)46)61-60-35-23-41-42(47(24-35)85(75,76)77)25-38(84(72,73)74)26-48(41)86(78,79)80/h2-26,60-61H,1H3,(H2,57,58,59)(H,66,67,68)(H,69,70,71)(H,72,73,74)(H,75,76,77)(H,78,79,80). The van der Waals surface area contributed by atoms with Crippen molar-refractivity contribution in [3.05, 3.63) is 168 Å². The SMILES string of the molecule is Cc1c(C#N)c(Nc2ccc(S(=O)(=O)O)cc2)nc(Nc2ccc(S(=O)(=O)O)cc2)c1N=Nc1sc(N=Nc2ccc(NNc3cc(S(=O)(=O)O)c4cc(S(=O)(=O)O)cc(S(=O)(=O)O)c4c3)c3ccccc23)c(-c2ccc3ccccc3c2)c1C#N. The first-order valence-electron chi connectivity index (χ1n) is 24.2. The van der Waals surface area contributed by atoms with Crippen LogP contribution in [0.3, 0.4) is 0 Å². The van der Waals surface area contributed by atoms with Crippen molar-refractivity contribution in [1.29, 1.82) is 10.5 Å². The summed E-state index contributed by atoms with van der Waals surface area (Å²) in [5.74, 6) is -0.115. The van der Waals surface area contributed by atoms with Crippen LogP contribution in [-0.2, 0) is 50.6 Å². The van der Waals surface area contributed by atoms with Crippen molar-refractivity contribution in [2.75, 3.05) is 21.5 Å². The van der Waals surface area contributed by atoms with Gasteiger partial charge in [0, 0.05) is 44.0 Å². The molecule has 8 aromatic carbocycles. The summed E-state index contributed by atoms with van der Waals surface area (Å²) in [5, 5.41) is 47.5. The largest absolute Gasteiger partial charge is 0.339 e. The van der Waals surface area contributed by atoms with Crippen molar-refractivity contribution >= 4 is 150 Å². The Hall–Kier alpha value is -9.68. The van der Waals surface area contributed by atoms with Gasteiger partial charge in [-0.05, 0) is 114 Å². The second kappa shape index (κ2) is 22.7. The Balaban J connectivity index is 1.05. The number of thiophene rings is 1. The summed E-state index contributed by atoms with van der Waals surface area (Å²) in [5.41, 5.74) is 7.46. The fourth-order valence-corrected chi connectivity index (χ4v) is 12.9. The van der Waals surface area contributed by atoms with Crippen LogP contribution in [0.1, 0.15) is 16.7 Å². The smallest absolute Gasteiger partial charge is 0.295 e. The van der Waals surface area contributed by atoms with Gasteiger partial charge in [-0.15, -0.1) is 20.5 Å². The van der Waals surface area contributed by atoms with Gasteiger partial charge in [0.2, 0.25) is 0 Å². The maximum Gasteiger partial charge on any atom is 0.295 e. The lowest BCUT2D eigenvalue weighted by molar-refractivity contribution is 0.478. The predicted molar refractivity (Wildman–Crippen MR) is 318 cm³/mol. The molecule has 10 aromatic rings. The molecule has 0 aliphatic rings. The van der Waals surface area contributed by atoms with Crippen molar-refractivity contribution in [1.82, 2.24) is 4.98 Å². The van der Waals surface area contributed by atoms with E-state index < -0.39 is 85.8 Å². The van der Waals surface area contributed by atoms with Crippen LogP contribution in [0.2, 0.25) is 0 Å². The van der Waals surface area contributed by atoms with Crippen LogP contribution in [0.4, 0.5) is 55.8 Å². The Morgan fingerprint density at radius 2 is 1.01 bits per heavy atom. The third kappa shape index (κ3) is 12.4. The third-order valence-corrected chi connectivity index (χ3v) is 18.2. The molecule has 10 rings (SSSR count). The zero-order valence-corrected chi connectivity index (χ0v) is 48.2. The van der Waals surface area contributed by atoms with Gasteiger partial charge in [-0.25, -0.2) is 4.98 Å². The number of nitrogens with one attached hydrogen (secondary N) is 4. The van der Waals surface area contributed by atoms with Crippen molar-refractivity contribution in [3.8, 4) is 23.3 Å². The molecule has 86 heavy (non-hydrogen) atoms. The Morgan fingerprint density at radius 3 is 1.60 bits per heavy atom. The maximum atomic E-state index is 12.7. The zero-order valence-electron chi connectivity index (χ0n) is 43.3. The summed E-state index contributed by atoms with van der Waals surface area (Å²) >= 11 is 0.928. The van der Waals surface area contributed by atoms with Gasteiger partial charge in [0.05, 0.1) is 37.3 Å². The number of azo groups is 2. The van der Waals surface area contributed by atoms with Gasteiger partial charge in [0.15, 0.2) is 16.6 Å². The average molecular weight is 1270 g/mol. The Labute approximate surface area is 492 Å². The fourth-order valence-electron chi connectivity index (χ4n) is 8.92. The number of aromatic nitrogens is 1. The fraction of sp³-hybridized carbons (Fsp3) is 0.0185. The van der Waals surface area contributed by atoms with Gasteiger partial charge in [0.25, 0.3) is 50.6 Å². The van der Waals surface area contributed by atoms with E-state index in [4.69, 9.17) is 0 Å². The molecule has 0 atom stereocenters. The van der Waals surface area contributed by atoms with Gasteiger partial charge in [-0.1, -0.05) is 72.0 Å². The minimum Gasteiger partial charge on any atom is -0.339 e. The molecule has 0 unspecified atom stereocenters. The van der Waals surface area contributed by atoms with Crippen molar-refractivity contribution < 1.29 is 64.9 Å². The van der Waals surface area contributed by atoms with Crippen LogP contribution >= 0.6 is 11.3 Å². The topological polar surface area (TPSA) is 430 Å². The molecule has 0 radical (unpaired) electrons. The lowest BCUT2D eigenvalue weighted by Gasteiger charge is -2.16. The highest BCUT2D eigenvalue weighted by Crippen LogP contribution is 2.50. The Morgan fingerprint density at radius 1 is 0.465 bits per heavy atom. The van der Waals surface area contributed by atoms with E-state index in [2.05, 4.69) is 59.1 Å². The van der Waals surface area contributed by atoms with Crippen LogP contribution in [0, 0.1) is 29.6 Å². The lowest BCUT2D eigenvalue weighted by Crippen LogP contribution is -2.11. The number of rotatable bonds is 17. The zero-order chi connectivity index (χ0) is 61.7. The highest BCUT2D eigenvalue weighted by atomic mass is 32.2. The molecule has 26 nitrogen and oxygen atoms in total. The van der Waals surface area contributed by atoms with Gasteiger partial charge in [0.1, 0.15) is 38.2 Å². The van der Waals surface area contributed by atoms with Gasteiger partial charge in [-0.2, -0.15) is 52.6 Å². The summed E-state index contributed by atoms with van der Waals surface area (Å²) in [4.78, 5) is 0.639. The monoisotopic (exact) mass is 1270 g/mol. The van der Waals surface area contributed by atoms with Crippen molar-refractivity contribution in [3.63, 3.8) is 0 Å². The molecular weight excluding hydrogens is 1240 g/mol. The normalized spacial score (nSPS) is 12.4. The highest BCUT2D eigenvalue weighted by molar-refractivity contribution is 7.87. The van der Waals surface area contributed by atoms with Crippen LogP contribution in [0.5, 0.6) is 0 Å². The summed E-state index contributed by atoms with van der Waals surface area (Å²) in [6.45, 7) is 1.53. The maximum absolute atomic E-state index is 12.7. The van der Waals surface area contributed by atoms with E-state index in [0.29, 0.717) is 39.7 Å². The van der Waals surface area contributed by atoms with Crippen LogP contribution in [0.25, 0.3) is 43.4 Å². The number of hydrazine groups is 1. The number of fused-ring (bicyclic) bond motifs is 3. The molecule has 0 saturated carbocycles. The highest BCUT2D eigenvalue weighted by Gasteiger charge is 2.27. The van der Waals surface area contributed by atoms with E-state index in [9.17, 15) is 75.4 Å². The first-order chi connectivity index (χ1) is 40.6. The summed E-state index contributed by atoms with van der Waals surface area (Å²) in [6.07, 6.45) is 0. The van der Waals surface area contributed by atoms with E-state index in [-0.39, 0.29) is 66.8 Å². The molecule has 0 spiro atoms. The van der Waals surface area contributed by atoms with E-state index in [0.717, 1.165) is 58.5 Å². The molecule has 0 fully saturated rings. The molecule has 2 heterocycles. The van der Waals surface area contributed by atoms with Crippen LogP contribution < -0.4 is 21.5 Å². The Bertz CT molecular complexity index is 5250. The number of nitrogens with zero attached hydrogens (tertiary/aromatic N) is 7. The molecule has 9 N–H and O–H groups in total. The van der Waals surface area contributed by atoms with Crippen LogP contribution in [-0.4, -0.2) is 69.8 Å². The predicted octanol–water partition coefficient (Wildman–Crippen LogP) is 12.3. The second-order valence-electron chi connectivity index (χ2n) is 18.4. The molecule has 32 heteroatoms. The van der Waals surface area contributed by atoms with Crippen LogP contribution in [0.15, 0.2) is 197 Å². The van der Waals surface area contributed by atoms with Crippen molar-refractivity contribution in [2.24, 2.45) is 20.5 Å². The van der Waals surface area contributed by atoms with Gasteiger partial charge >= 0.3 is 0 Å². The Kier molecular flexibility index (Phi) is 15.7. The molecule has 0 saturated heterocycles. The molecule has 0 aliphatic carbocycles. The third-order valence-electron chi connectivity index (χ3n) is 12.9. The van der Waals surface area contributed by atoms with E-state index in [1.165, 1.54) is 31.2 Å². The number of hydrogen-bond acceptors (Lipinski definition) is 22. The van der Waals surface area contributed by atoms with Gasteiger partial charge in [-0.3, -0.25) is 22.8 Å². The first-order valence-corrected chi connectivity index (χ1v) is 32.2. The molecule has 0 amide bonds. The molecule has 0 bridgehead atoms. The van der Waals surface area contributed by atoms with Gasteiger partial charge < -0.3 is 21.5 Å². The quantitative estimate of drug-likeness (QED) is 0.0232. The summed E-state index contributed by atoms with van der Waals surface area (Å²) < 4.78 is 171. The summed E-state index contributed by atoms with van der Waals surface area (Å²) in [6, 6.07) is 39.9. The first kappa shape index (κ1) is 59.5. The number of nitriles is 2. The molecule has 434 valence electrons. The van der Waals surface area contributed by atoms with E-state index in [1.54, 1.807) is 42.5 Å². The minimum absolute atomic E-state index is 0.0138. The number of hydrogen-bond donors (Lipinski definition) is 9. The number of pyridine rings is 1. The average Bonchev–Trinajstić information content (AvgIpc) is 1.21. The summed E-state index contributed by atoms with van der Waals surface area (Å²) in [7, 11) is -24.8. The number of benzene rings is 8. The van der Waals surface area contributed by atoms with E-state index >= 15 is 0 Å². The van der Waals surface area contributed by atoms with E-state index in [1.807, 2.05) is 36.4 Å². The molecule has 2 aromatic heterocycles.